The van der Waals surface area contributed by atoms with Gasteiger partial charge in [-0.2, -0.15) is 0 Å². The zero-order valence-corrected chi connectivity index (χ0v) is 15.6. The van der Waals surface area contributed by atoms with E-state index in [-0.39, 0.29) is 24.8 Å². The van der Waals surface area contributed by atoms with Crippen LogP contribution in [0.3, 0.4) is 0 Å². The van der Waals surface area contributed by atoms with Gasteiger partial charge in [0.2, 0.25) is 0 Å². The Morgan fingerprint density at radius 2 is 1.87 bits per heavy atom. The van der Waals surface area contributed by atoms with Gasteiger partial charge in [-0.15, -0.1) is 0 Å². The van der Waals surface area contributed by atoms with Gasteiger partial charge < -0.3 is 25.2 Å². The zero-order valence-electron chi connectivity index (χ0n) is 15.6. The van der Waals surface area contributed by atoms with Crippen LogP contribution in [0.15, 0.2) is 0 Å². The van der Waals surface area contributed by atoms with Crippen LogP contribution in [0.25, 0.3) is 0 Å². The number of hydrogen-bond donors (Lipinski definition) is 3. The number of rotatable bonds is 11. The normalized spacial score (nSPS) is 14.6. The Labute approximate surface area is 141 Å². The van der Waals surface area contributed by atoms with E-state index in [0.29, 0.717) is 19.1 Å². The molecule has 0 aromatic carbocycles. The van der Waals surface area contributed by atoms with E-state index in [9.17, 15) is 4.79 Å². The molecule has 2 unspecified atom stereocenters. The molecule has 0 aliphatic rings. The highest BCUT2D eigenvalue weighted by atomic mass is 16.6. The monoisotopic (exact) mass is 332 g/mol. The fourth-order valence-electron chi connectivity index (χ4n) is 2.32. The molecule has 0 radical (unpaired) electrons. The van der Waals surface area contributed by atoms with Crippen LogP contribution in [0.5, 0.6) is 0 Å². The van der Waals surface area contributed by atoms with Gasteiger partial charge in [0.05, 0.1) is 6.61 Å². The summed E-state index contributed by atoms with van der Waals surface area (Å²) in [6, 6.07) is 0.471. The van der Waals surface area contributed by atoms with Crippen LogP contribution in [-0.2, 0) is 9.47 Å². The number of alkyl carbamates (subject to hydrolysis) is 1. The highest BCUT2D eigenvalue weighted by Crippen LogP contribution is 2.10. The number of nitrogens with one attached hydrogen (secondary N) is 2. The highest BCUT2D eigenvalue weighted by Gasteiger charge is 2.18. The van der Waals surface area contributed by atoms with Crippen molar-refractivity contribution in [3.8, 4) is 0 Å². The van der Waals surface area contributed by atoms with Gasteiger partial charge in [0.1, 0.15) is 5.60 Å². The summed E-state index contributed by atoms with van der Waals surface area (Å²) in [5.74, 6) is 0.446. The number of hydrogen-bond acceptors (Lipinski definition) is 5. The lowest BCUT2D eigenvalue weighted by Gasteiger charge is -2.28. The van der Waals surface area contributed by atoms with E-state index in [4.69, 9.17) is 14.6 Å². The van der Waals surface area contributed by atoms with Crippen molar-refractivity contribution in [1.82, 2.24) is 10.6 Å². The van der Waals surface area contributed by atoms with Crippen LogP contribution in [0.1, 0.15) is 53.9 Å². The Kier molecular flexibility index (Phi) is 11.2. The molecule has 3 N–H and O–H groups in total. The first-order valence-electron chi connectivity index (χ1n) is 8.52. The number of aliphatic hydroxyl groups is 1. The van der Waals surface area contributed by atoms with Crippen LogP contribution >= 0.6 is 0 Å². The number of amides is 1. The maximum atomic E-state index is 11.6. The molecule has 6 heteroatoms. The molecule has 0 saturated heterocycles. The molecule has 0 heterocycles. The van der Waals surface area contributed by atoms with Crippen molar-refractivity contribution in [3.63, 3.8) is 0 Å². The predicted molar refractivity (Wildman–Crippen MR) is 92.6 cm³/mol. The zero-order chi connectivity index (χ0) is 17.9. The molecular formula is C17H36N2O4. The molecule has 0 aliphatic heterocycles. The molecule has 0 aliphatic carbocycles. The summed E-state index contributed by atoms with van der Waals surface area (Å²) in [6.07, 6.45) is 2.07. The second-order valence-electron chi connectivity index (χ2n) is 7.25. The average Bonchev–Trinajstić information content (AvgIpc) is 2.40. The third kappa shape index (κ3) is 12.3. The minimum absolute atomic E-state index is 0.176. The molecule has 2 atom stereocenters. The maximum Gasteiger partial charge on any atom is 0.407 e. The summed E-state index contributed by atoms with van der Waals surface area (Å²) in [7, 11) is 1.68. The number of ether oxygens (including phenoxy) is 2. The summed E-state index contributed by atoms with van der Waals surface area (Å²) >= 11 is 0. The SMILES string of the molecule is COCC(CCCNC(=O)OC(C)(C)C)NC(CCO)C(C)C. The second-order valence-corrected chi connectivity index (χ2v) is 7.25. The first-order chi connectivity index (χ1) is 10.7. The molecule has 6 nitrogen and oxygen atoms in total. The van der Waals surface area contributed by atoms with E-state index < -0.39 is 5.60 Å². The van der Waals surface area contributed by atoms with Crippen molar-refractivity contribution in [2.45, 2.75) is 71.6 Å². The third-order valence-corrected chi connectivity index (χ3v) is 3.46. The fraction of sp³-hybridized carbons (Fsp3) is 0.941. The molecule has 0 spiro atoms. The Balaban J connectivity index is 4.15. The van der Waals surface area contributed by atoms with Gasteiger partial charge >= 0.3 is 6.09 Å². The summed E-state index contributed by atoms with van der Waals surface area (Å²) in [5.41, 5.74) is -0.473. The first-order valence-corrected chi connectivity index (χ1v) is 8.52. The largest absolute Gasteiger partial charge is 0.444 e. The van der Waals surface area contributed by atoms with E-state index in [1.165, 1.54) is 0 Å². The van der Waals surface area contributed by atoms with Gasteiger partial charge in [0.15, 0.2) is 0 Å². The molecule has 0 fully saturated rings. The highest BCUT2D eigenvalue weighted by molar-refractivity contribution is 5.67. The minimum atomic E-state index is -0.473. The topological polar surface area (TPSA) is 79.8 Å². The Morgan fingerprint density at radius 3 is 2.35 bits per heavy atom. The van der Waals surface area contributed by atoms with E-state index in [1.807, 2.05) is 20.8 Å². The lowest BCUT2D eigenvalue weighted by Crippen LogP contribution is -2.44. The number of carbonyl (C=O) groups excluding carboxylic acids is 1. The van der Waals surface area contributed by atoms with E-state index in [1.54, 1.807) is 7.11 Å². The lowest BCUT2D eigenvalue weighted by atomic mass is 9.99. The van der Waals surface area contributed by atoms with Gasteiger partial charge in [-0.25, -0.2) is 4.79 Å². The molecule has 0 aromatic heterocycles. The molecule has 0 saturated carbocycles. The van der Waals surface area contributed by atoms with Gasteiger partial charge in [0.25, 0.3) is 0 Å². The smallest absolute Gasteiger partial charge is 0.407 e. The maximum absolute atomic E-state index is 11.6. The van der Waals surface area contributed by atoms with E-state index in [0.717, 1.165) is 19.3 Å². The molecular weight excluding hydrogens is 296 g/mol. The van der Waals surface area contributed by atoms with Crippen molar-refractivity contribution in [2.24, 2.45) is 5.92 Å². The van der Waals surface area contributed by atoms with Crippen LogP contribution < -0.4 is 10.6 Å². The van der Waals surface area contributed by atoms with E-state index >= 15 is 0 Å². The summed E-state index contributed by atoms with van der Waals surface area (Å²) in [4.78, 5) is 11.6. The molecule has 0 bridgehead atoms. The van der Waals surface area contributed by atoms with Crippen LogP contribution in [-0.4, -0.2) is 55.8 Å². The predicted octanol–water partition coefficient (Wildman–Crippen LogP) is 2.30. The van der Waals surface area contributed by atoms with Crippen LogP contribution in [0.2, 0.25) is 0 Å². The van der Waals surface area contributed by atoms with Crippen molar-refractivity contribution < 1.29 is 19.4 Å². The van der Waals surface area contributed by atoms with Crippen molar-refractivity contribution in [1.29, 1.82) is 0 Å². The van der Waals surface area contributed by atoms with E-state index in [2.05, 4.69) is 24.5 Å². The Bertz CT molecular complexity index is 316. The van der Waals surface area contributed by atoms with Crippen molar-refractivity contribution in [3.05, 3.63) is 0 Å². The summed E-state index contributed by atoms with van der Waals surface area (Å²) in [6.45, 7) is 11.2. The van der Waals surface area contributed by atoms with Gasteiger partial charge in [-0.1, -0.05) is 13.8 Å². The first kappa shape index (κ1) is 22.1. The molecule has 1 amide bonds. The number of carbonyl (C=O) groups is 1. The lowest BCUT2D eigenvalue weighted by molar-refractivity contribution is 0.0525. The Morgan fingerprint density at radius 1 is 1.22 bits per heavy atom. The van der Waals surface area contributed by atoms with Crippen LogP contribution in [0.4, 0.5) is 4.79 Å². The minimum Gasteiger partial charge on any atom is -0.444 e. The molecule has 138 valence electrons. The summed E-state index contributed by atoms with van der Waals surface area (Å²) in [5, 5.41) is 15.5. The summed E-state index contributed by atoms with van der Waals surface area (Å²) < 4.78 is 10.5. The van der Waals surface area contributed by atoms with Crippen molar-refractivity contribution in [2.75, 3.05) is 26.9 Å². The van der Waals surface area contributed by atoms with Gasteiger partial charge in [0, 0.05) is 32.3 Å². The van der Waals surface area contributed by atoms with Crippen molar-refractivity contribution >= 4 is 6.09 Å². The van der Waals surface area contributed by atoms with Gasteiger partial charge in [-0.3, -0.25) is 0 Å². The number of aliphatic hydroxyl groups excluding tert-OH is 1. The average molecular weight is 332 g/mol. The molecule has 0 aromatic rings. The Hall–Kier alpha value is -0.850. The van der Waals surface area contributed by atoms with Gasteiger partial charge in [-0.05, 0) is 46.0 Å². The molecule has 23 heavy (non-hydrogen) atoms. The quantitative estimate of drug-likeness (QED) is 0.506. The standard InChI is InChI=1S/C17H36N2O4/c1-13(2)15(9-11-20)19-14(12-22-6)8-7-10-18-16(21)23-17(3,4)5/h13-15,19-20H,7-12H2,1-6H3,(H,18,21). The van der Waals surface area contributed by atoms with Crippen LogP contribution in [0, 0.1) is 5.92 Å². The second kappa shape index (κ2) is 11.6. The number of methoxy groups -OCH3 is 1. The fourth-order valence-corrected chi connectivity index (χ4v) is 2.32. The molecule has 0 rings (SSSR count). The third-order valence-electron chi connectivity index (χ3n) is 3.46.